The van der Waals surface area contributed by atoms with Gasteiger partial charge in [0, 0.05) is 24.2 Å². The van der Waals surface area contributed by atoms with Gasteiger partial charge in [0.2, 0.25) is 0 Å². The number of nitrogens with zero attached hydrogens (tertiary/aromatic N) is 1. The van der Waals surface area contributed by atoms with E-state index in [2.05, 4.69) is 11.8 Å². The van der Waals surface area contributed by atoms with Gasteiger partial charge in [0.1, 0.15) is 0 Å². The molecule has 1 aliphatic rings. The number of carbonyl (C=O) groups excluding carboxylic acids is 1. The average Bonchev–Trinajstić information content (AvgIpc) is 2.33. The largest absolute Gasteiger partial charge is 0.339 e. The second kappa shape index (κ2) is 5.70. The molecule has 1 fully saturated rings. The Hall–Kier alpha value is -1.79. The van der Waals surface area contributed by atoms with Gasteiger partial charge in [0.15, 0.2) is 0 Å². The van der Waals surface area contributed by atoms with E-state index in [1.54, 1.807) is 0 Å². The van der Waals surface area contributed by atoms with Crippen LogP contribution in [0.1, 0.15) is 35.2 Å². The first kappa shape index (κ1) is 12.7. The molecule has 18 heavy (non-hydrogen) atoms. The molecule has 0 heterocycles. The molecule has 0 unspecified atom stereocenters. The summed E-state index contributed by atoms with van der Waals surface area (Å²) in [5.74, 6) is 5.83. The number of carbonyl (C=O) groups is 1. The highest BCUT2D eigenvalue weighted by atomic mass is 16.2. The van der Waals surface area contributed by atoms with Crippen molar-refractivity contribution < 1.29 is 4.79 Å². The van der Waals surface area contributed by atoms with Crippen molar-refractivity contribution in [3.8, 4) is 11.8 Å². The number of rotatable bonds is 2. The van der Waals surface area contributed by atoms with E-state index in [0.29, 0.717) is 18.2 Å². The molecule has 1 aliphatic carbocycles. The maximum atomic E-state index is 12.3. The normalized spacial score (nSPS) is 14.3. The number of hydrogen-bond acceptors (Lipinski definition) is 2. The molecule has 0 saturated heterocycles. The van der Waals surface area contributed by atoms with Gasteiger partial charge in [-0.05, 0) is 37.5 Å². The lowest BCUT2D eigenvalue weighted by molar-refractivity contribution is 0.0652. The highest BCUT2D eigenvalue weighted by molar-refractivity contribution is 5.94. The van der Waals surface area contributed by atoms with Crippen LogP contribution in [0.3, 0.4) is 0 Å². The van der Waals surface area contributed by atoms with Crippen molar-refractivity contribution in [1.82, 2.24) is 4.90 Å². The minimum absolute atomic E-state index is 0.0797. The van der Waals surface area contributed by atoms with Crippen LogP contribution in [0.25, 0.3) is 0 Å². The van der Waals surface area contributed by atoms with Crippen LogP contribution in [0.4, 0.5) is 0 Å². The third kappa shape index (κ3) is 2.72. The zero-order chi connectivity index (χ0) is 13.0. The van der Waals surface area contributed by atoms with Gasteiger partial charge in [-0.25, -0.2) is 0 Å². The minimum Gasteiger partial charge on any atom is -0.339 e. The van der Waals surface area contributed by atoms with Gasteiger partial charge in [0.25, 0.3) is 5.91 Å². The smallest absolute Gasteiger partial charge is 0.253 e. The van der Waals surface area contributed by atoms with Crippen molar-refractivity contribution in [2.45, 2.75) is 25.3 Å². The summed E-state index contributed by atoms with van der Waals surface area (Å²) >= 11 is 0. The number of amides is 1. The van der Waals surface area contributed by atoms with Gasteiger partial charge in [-0.2, -0.15) is 0 Å². The van der Waals surface area contributed by atoms with Crippen LogP contribution >= 0.6 is 0 Å². The Morgan fingerprint density at radius 3 is 2.89 bits per heavy atom. The van der Waals surface area contributed by atoms with Crippen molar-refractivity contribution in [3.05, 3.63) is 35.4 Å². The van der Waals surface area contributed by atoms with E-state index >= 15 is 0 Å². The number of benzene rings is 1. The molecule has 3 nitrogen and oxygen atoms in total. The van der Waals surface area contributed by atoms with Crippen molar-refractivity contribution in [2.75, 3.05) is 13.6 Å². The van der Waals surface area contributed by atoms with Crippen LogP contribution in [0.2, 0.25) is 0 Å². The highest BCUT2D eigenvalue weighted by Gasteiger charge is 2.26. The molecule has 0 spiro atoms. The van der Waals surface area contributed by atoms with Crippen LogP contribution in [-0.4, -0.2) is 30.4 Å². The second-order valence-electron chi connectivity index (χ2n) is 4.59. The molecular weight excluding hydrogens is 224 g/mol. The molecule has 3 heteroatoms. The van der Waals surface area contributed by atoms with Crippen molar-refractivity contribution in [1.29, 1.82) is 0 Å². The Morgan fingerprint density at radius 1 is 1.50 bits per heavy atom. The summed E-state index contributed by atoms with van der Waals surface area (Å²) in [5.41, 5.74) is 6.88. The molecule has 0 radical (unpaired) electrons. The lowest BCUT2D eigenvalue weighted by atomic mass is 9.91. The molecule has 94 valence electrons. The summed E-state index contributed by atoms with van der Waals surface area (Å²) < 4.78 is 0. The van der Waals surface area contributed by atoms with Gasteiger partial charge in [0.05, 0.1) is 6.54 Å². The quantitative estimate of drug-likeness (QED) is 0.801. The lowest BCUT2D eigenvalue weighted by Crippen LogP contribution is -2.41. The van der Waals surface area contributed by atoms with E-state index < -0.39 is 0 Å². The predicted molar refractivity (Wildman–Crippen MR) is 72.1 cm³/mol. The van der Waals surface area contributed by atoms with E-state index in [4.69, 9.17) is 5.73 Å². The summed E-state index contributed by atoms with van der Waals surface area (Å²) in [6.45, 7) is 0.333. The first-order valence-corrected chi connectivity index (χ1v) is 6.28. The van der Waals surface area contributed by atoms with Crippen LogP contribution < -0.4 is 5.73 Å². The molecule has 2 N–H and O–H groups in total. The summed E-state index contributed by atoms with van der Waals surface area (Å²) in [5, 5.41) is 0. The fourth-order valence-electron chi connectivity index (χ4n) is 2.03. The molecule has 2 rings (SSSR count). The highest BCUT2D eigenvalue weighted by Crippen LogP contribution is 2.24. The van der Waals surface area contributed by atoms with E-state index in [1.165, 1.54) is 6.42 Å². The third-order valence-corrected chi connectivity index (χ3v) is 3.39. The maximum absolute atomic E-state index is 12.3. The molecule has 0 aromatic heterocycles. The third-order valence-electron chi connectivity index (χ3n) is 3.39. The zero-order valence-electron chi connectivity index (χ0n) is 10.6. The van der Waals surface area contributed by atoms with Gasteiger partial charge < -0.3 is 10.6 Å². The first-order valence-electron chi connectivity index (χ1n) is 6.28. The van der Waals surface area contributed by atoms with E-state index in [9.17, 15) is 4.79 Å². The predicted octanol–water partition coefficient (Wildman–Crippen LogP) is 1.62. The van der Waals surface area contributed by atoms with Gasteiger partial charge in [-0.15, -0.1) is 0 Å². The van der Waals surface area contributed by atoms with E-state index in [1.807, 2.05) is 36.2 Å². The summed E-state index contributed by atoms with van der Waals surface area (Å²) in [6, 6.07) is 7.84. The summed E-state index contributed by atoms with van der Waals surface area (Å²) in [4.78, 5) is 14.1. The summed E-state index contributed by atoms with van der Waals surface area (Å²) in [7, 11) is 1.88. The van der Waals surface area contributed by atoms with Crippen LogP contribution in [0, 0.1) is 11.8 Å². The monoisotopic (exact) mass is 242 g/mol. The Morgan fingerprint density at radius 2 is 2.28 bits per heavy atom. The maximum Gasteiger partial charge on any atom is 0.253 e. The molecule has 1 amide bonds. The fourth-order valence-corrected chi connectivity index (χ4v) is 2.03. The summed E-state index contributed by atoms with van der Waals surface area (Å²) in [6.07, 6.45) is 3.47. The Bertz CT molecular complexity index is 495. The Kier molecular flexibility index (Phi) is 4.01. The lowest BCUT2D eigenvalue weighted by Gasteiger charge is -2.34. The molecule has 0 aliphatic heterocycles. The van der Waals surface area contributed by atoms with Crippen LogP contribution in [-0.2, 0) is 0 Å². The van der Waals surface area contributed by atoms with Crippen molar-refractivity contribution in [3.63, 3.8) is 0 Å². The van der Waals surface area contributed by atoms with Crippen LogP contribution in [0.15, 0.2) is 24.3 Å². The average molecular weight is 242 g/mol. The van der Waals surface area contributed by atoms with Crippen molar-refractivity contribution in [2.24, 2.45) is 5.73 Å². The standard InChI is InChI=1S/C15H18N2O/c1-17(14-8-3-9-14)15(18)13-7-2-5-12(11-13)6-4-10-16/h2,5,7,11,14H,3,8-10,16H2,1H3. The van der Waals surface area contributed by atoms with E-state index in [-0.39, 0.29) is 5.91 Å². The molecule has 1 aromatic carbocycles. The molecule has 1 aromatic rings. The van der Waals surface area contributed by atoms with Gasteiger partial charge in [-0.1, -0.05) is 17.9 Å². The minimum atomic E-state index is 0.0797. The topological polar surface area (TPSA) is 46.3 Å². The van der Waals surface area contributed by atoms with Gasteiger partial charge in [-0.3, -0.25) is 4.79 Å². The molecular formula is C15H18N2O. The Balaban J connectivity index is 2.14. The SMILES string of the molecule is CN(C(=O)c1cccc(C#CCN)c1)C1CCC1. The van der Waals surface area contributed by atoms with Gasteiger partial charge >= 0.3 is 0 Å². The first-order chi connectivity index (χ1) is 8.72. The van der Waals surface area contributed by atoms with Crippen molar-refractivity contribution >= 4 is 5.91 Å². The molecule has 0 bridgehead atoms. The zero-order valence-corrected chi connectivity index (χ0v) is 10.6. The Labute approximate surface area is 108 Å². The molecule has 0 atom stereocenters. The molecule has 1 saturated carbocycles. The number of hydrogen-bond donors (Lipinski definition) is 1. The number of nitrogens with two attached hydrogens (primary N) is 1. The van der Waals surface area contributed by atoms with E-state index in [0.717, 1.165) is 18.4 Å². The second-order valence-corrected chi connectivity index (χ2v) is 4.59. The van der Waals surface area contributed by atoms with Crippen LogP contribution in [0.5, 0.6) is 0 Å². The fraction of sp³-hybridized carbons (Fsp3) is 0.400.